The molecule has 1 amide bonds. The van der Waals surface area contributed by atoms with Gasteiger partial charge in [0.25, 0.3) is 5.91 Å². The average molecular weight is 562 g/mol. The number of amides is 1. The number of hydrogen-bond donors (Lipinski definition) is 2. The molecule has 0 unspecified atom stereocenters. The molecule has 0 saturated carbocycles. The average Bonchev–Trinajstić information content (AvgIpc) is 3.32. The molecule has 2 N–H and O–H groups in total. The van der Waals surface area contributed by atoms with Gasteiger partial charge in [-0.3, -0.25) is 4.79 Å². The Morgan fingerprint density at radius 2 is 1.84 bits per heavy atom. The lowest BCUT2D eigenvalue weighted by Gasteiger charge is -2.29. The topological polar surface area (TPSA) is 98.3 Å². The molecule has 15 heteroatoms. The van der Waals surface area contributed by atoms with Gasteiger partial charge in [-0.1, -0.05) is 18.5 Å². The molecule has 38 heavy (non-hydrogen) atoms. The number of nitrogens with zero attached hydrogens (tertiary/aromatic N) is 3. The van der Waals surface area contributed by atoms with Gasteiger partial charge in [0, 0.05) is 29.9 Å². The highest BCUT2D eigenvalue weighted by Gasteiger charge is 2.53. The van der Waals surface area contributed by atoms with E-state index in [0.29, 0.717) is 6.20 Å². The summed E-state index contributed by atoms with van der Waals surface area (Å²) in [4.78, 5) is 24.6. The number of aromatic nitrogens is 3. The first-order chi connectivity index (χ1) is 17.8. The number of ether oxygens (including phenoxy) is 2. The molecule has 8 nitrogen and oxygen atoms in total. The van der Waals surface area contributed by atoms with Crippen molar-refractivity contribution in [2.45, 2.75) is 37.6 Å². The second kappa shape index (κ2) is 10.3. The second-order valence-electron chi connectivity index (χ2n) is 8.06. The Kier molecular flexibility index (Phi) is 7.50. The van der Waals surface area contributed by atoms with Crippen LogP contribution in [0.2, 0.25) is 5.15 Å². The minimum absolute atomic E-state index is 0.000183. The van der Waals surface area contributed by atoms with Crippen molar-refractivity contribution in [3.8, 4) is 0 Å². The Balaban J connectivity index is 1.55. The zero-order valence-electron chi connectivity index (χ0n) is 19.3. The summed E-state index contributed by atoms with van der Waals surface area (Å²) in [6, 6.07) is 5.83. The van der Waals surface area contributed by atoms with Gasteiger partial charge < -0.3 is 20.1 Å². The molecule has 0 bridgehead atoms. The summed E-state index contributed by atoms with van der Waals surface area (Å²) in [5, 5.41) is 5.19. The van der Waals surface area contributed by atoms with Crippen molar-refractivity contribution in [1.29, 1.82) is 0 Å². The summed E-state index contributed by atoms with van der Waals surface area (Å²) in [6.07, 6.45) is -8.35. The van der Waals surface area contributed by atoms with E-state index in [0.717, 1.165) is 18.3 Å². The van der Waals surface area contributed by atoms with Gasteiger partial charge in [-0.15, -0.1) is 0 Å². The van der Waals surface area contributed by atoms with Crippen molar-refractivity contribution in [2.24, 2.45) is 0 Å². The maximum atomic E-state index is 13.3. The van der Waals surface area contributed by atoms with Crippen LogP contribution in [0.5, 0.6) is 0 Å². The number of anilines is 3. The molecule has 1 aliphatic rings. The molecule has 0 aliphatic carbocycles. The van der Waals surface area contributed by atoms with Crippen molar-refractivity contribution in [2.75, 3.05) is 17.2 Å². The number of nitrogens with one attached hydrogen (secondary N) is 2. The number of carbonyl (C=O) groups is 1. The lowest BCUT2D eigenvalue weighted by Crippen LogP contribution is -2.34. The van der Waals surface area contributed by atoms with E-state index in [2.05, 4.69) is 25.6 Å². The molecule has 1 saturated heterocycles. The van der Waals surface area contributed by atoms with Crippen LogP contribution >= 0.6 is 11.6 Å². The van der Waals surface area contributed by atoms with Gasteiger partial charge in [0.2, 0.25) is 0 Å². The van der Waals surface area contributed by atoms with E-state index in [-0.39, 0.29) is 40.0 Å². The third kappa shape index (κ3) is 5.97. The third-order valence-corrected chi connectivity index (χ3v) is 5.74. The van der Waals surface area contributed by atoms with Crippen molar-refractivity contribution in [1.82, 2.24) is 15.0 Å². The van der Waals surface area contributed by atoms with Crippen LogP contribution in [-0.2, 0) is 21.4 Å². The summed E-state index contributed by atoms with van der Waals surface area (Å²) in [7, 11) is 0. The summed E-state index contributed by atoms with van der Waals surface area (Å²) in [6.45, 7) is 0.802. The van der Waals surface area contributed by atoms with Crippen LogP contribution in [-0.4, -0.2) is 39.7 Å². The third-order valence-electron chi connectivity index (χ3n) is 5.53. The van der Waals surface area contributed by atoms with Crippen molar-refractivity contribution >= 4 is 34.8 Å². The van der Waals surface area contributed by atoms with E-state index in [1.54, 1.807) is 6.92 Å². The molecule has 202 valence electrons. The van der Waals surface area contributed by atoms with E-state index < -0.39 is 42.3 Å². The van der Waals surface area contributed by atoms with Gasteiger partial charge >= 0.3 is 12.4 Å². The summed E-state index contributed by atoms with van der Waals surface area (Å²) < 4.78 is 88.7. The van der Waals surface area contributed by atoms with Gasteiger partial charge in [0.1, 0.15) is 16.8 Å². The number of alkyl halides is 6. The van der Waals surface area contributed by atoms with Crippen LogP contribution in [0.1, 0.15) is 34.8 Å². The zero-order chi connectivity index (χ0) is 27.7. The molecule has 0 spiro atoms. The van der Waals surface area contributed by atoms with E-state index in [4.69, 9.17) is 21.1 Å². The van der Waals surface area contributed by atoms with Gasteiger partial charge in [0.15, 0.2) is 11.9 Å². The monoisotopic (exact) mass is 561 g/mol. The van der Waals surface area contributed by atoms with E-state index in [1.165, 1.54) is 24.4 Å². The first-order valence-corrected chi connectivity index (χ1v) is 11.3. The van der Waals surface area contributed by atoms with Crippen molar-refractivity contribution in [3.63, 3.8) is 0 Å². The van der Waals surface area contributed by atoms with Gasteiger partial charge in [-0.05, 0) is 30.3 Å². The molecule has 2 atom stereocenters. The SMILES string of the molecule is CC[C@@]1(c2cc(Cl)ncc2NC(=O)c2ccnc(Nc3ccc(C(F)(F)F)cn3)c2)OC[C@@H](C(F)(F)F)O1. The largest absolute Gasteiger partial charge is 0.417 e. The molecule has 4 heterocycles. The van der Waals surface area contributed by atoms with Crippen molar-refractivity contribution in [3.05, 3.63) is 70.8 Å². The Hall–Kier alpha value is -3.49. The highest BCUT2D eigenvalue weighted by atomic mass is 35.5. The Bertz CT molecular complexity index is 1320. The van der Waals surface area contributed by atoms with Crippen LogP contribution in [0, 0.1) is 0 Å². The predicted octanol–water partition coefficient (Wildman–Crippen LogP) is 6.08. The van der Waals surface area contributed by atoms with Crippen LogP contribution in [0.15, 0.2) is 48.9 Å². The fourth-order valence-electron chi connectivity index (χ4n) is 3.63. The number of rotatable bonds is 6. The molecular weight excluding hydrogens is 544 g/mol. The minimum Gasteiger partial charge on any atom is -0.343 e. The highest BCUT2D eigenvalue weighted by molar-refractivity contribution is 6.29. The van der Waals surface area contributed by atoms with E-state index in [9.17, 15) is 31.1 Å². The molecule has 0 aromatic carbocycles. The first-order valence-electron chi connectivity index (χ1n) is 10.9. The van der Waals surface area contributed by atoms with Gasteiger partial charge in [0.05, 0.1) is 24.1 Å². The lowest BCUT2D eigenvalue weighted by atomic mass is 10.0. The van der Waals surface area contributed by atoms with Crippen LogP contribution in [0.25, 0.3) is 0 Å². The Morgan fingerprint density at radius 1 is 1.08 bits per heavy atom. The standard InChI is InChI=1S/C23H18ClF6N5O3/c1-2-21(37-11-16(38-21)23(28,29)30)14-8-17(24)32-10-15(14)34-20(36)12-5-6-31-19(7-12)35-18-4-3-13(9-33-18)22(25,26)27/h3-10,16H,2,11H2,1H3,(H,34,36)(H,31,33,35)/t16-,21+/m0/s1. The second-order valence-corrected chi connectivity index (χ2v) is 8.44. The summed E-state index contributed by atoms with van der Waals surface area (Å²) >= 11 is 5.98. The zero-order valence-corrected chi connectivity index (χ0v) is 20.1. The Morgan fingerprint density at radius 3 is 2.45 bits per heavy atom. The van der Waals surface area contributed by atoms with Gasteiger partial charge in [-0.25, -0.2) is 15.0 Å². The maximum absolute atomic E-state index is 13.3. The fourth-order valence-corrected chi connectivity index (χ4v) is 3.79. The molecule has 1 fully saturated rings. The lowest BCUT2D eigenvalue weighted by molar-refractivity contribution is -0.247. The smallest absolute Gasteiger partial charge is 0.343 e. The normalized spacial score (nSPS) is 19.8. The van der Waals surface area contributed by atoms with Gasteiger partial charge in [-0.2, -0.15) is 26.3 Å². The molecule has 3 aromatic heterocycles. The minimum atomic E-state index is -4.67. The number of hydrogen-bond acceptors (Lipinski definition) is 7. The molecule has 4 rings (SSSR count). The molecule has 3 aromatic rings. The highest BCUT2D eigenvalue weighted by Crippen LogP contribution is 2.45. The predicted molar refractivity (Wildman–Crippen MR) is 123 cm³/mol. The quantitative estimate of drug-likeness (QED) is 0.278. The maximum Gasteiger partial charge on any atom is 0.417 e. The fraction of sp³-hybridized carbons (Fsp3) is 0.304. The number of halogens is 7. The van der Waals surface area contributed by atoms with Crippen LogP contribution < -0.4 is 10.6 Å². The molecule has 0 radical (unpaired) electrons. The van der Waals surface area contributed by atoms with Crippen LogP contribution in [0.4, 0.5) is 43.7 Å². The number of pyridine rings is 3. The van der Waals surface area contributed by atoms with E-state index in [1.807, 2.05) is 0 Å². The van der Waals surface area contributed by atoms with Crippen LogP contribution in [0.3, 0.4) is 0 Å². The summed E-state index contributed by atoms with van der Waals surface area (Å²) in [5.41, 5.74) is -0.832. The molecular formula is C23H18ClF6N5O3. The Labute approximate surface area is 216 Å². The van der Waals surface area contributed by atoms with E-state index >= 15 is 0 Å². The first kappa shape index (κ1) is 27.5. The summed E-state index contributed by atoms with van der Waals surface area (Å²) in [5.74, 6) is -2.39. The molecule has 1 aliphatic heterocycles. The number of carbonyl (C=O) groups excluding carboxylic acids is 1. The van der Waals surface area contributed by atoms with Crippen molar-refractivity contribution < 1.29 is 40.6 Å².